The highest BCUT2D eigenvalue weighted by Crippen LogP contribution is 2.06. The van der Waals surface area contributed by atoms with Gasteiger partial charge in [-0.05, 0) is 25.3 Å². The quantitative estimate of drug-likeness (QED) is 0.655. The zero-order chi connectivity index (χ0) is 15.7. The fraction of sp³-hybridized carbons (Fsp3) is 0.400. The van der Waals surface area contributed by atoms with Gasteiger partial charge in [-0.25, -0.2) is 0 Å². The van der Waals surface area contributed by atoms with Crippen LogP contribution in [0.15, 0.2) is 24.3 Å². The maximum Gasteiger partial charge on any atom is 0.322 e. The van der Waals surface area contributed by atoms with Crippen LogP contribution in [0.4, 0.5) is 0 Å². The van der Waals surface area contributed by atoms with Gasteiger partial charge in [-0.2, -0.15) is 0 Å². The number of carbonyl (C=O) groups excluding carboxylic acids is 2. The number of carboxylic acid groups (broad SMARTS) is 1. The Hall–Kier alpha value is -2.37. The van der Waals surface area contributed by atoms with E-state index >= 15 is 0 Å². The Kier molecular flexibility index (Phi) is 6.94. The van der Waals surface area contributed by atoms with E-state index in [4.69, 9.17) is 5.11 Å². The minimum Gasteiger partial charge on any atom is -0.480 e. The van der Waals surface area contributed by atoms with Crippen molar-refractivity contribution in [1.29, 1.82) is 0 Å². The van der Waals surface area contributed by atoms with Gasteiger partial charge in [0.05, 0.1) is 6.54 Å². The molecule has 0 saturated heterocycles. The summed E-state index contributed by atoms with van der Waals surface area (Å²) in [5, 5.41) is 13.0. The lowest BCUT2D eigenvalue weighted by atomic mass is 10.1. The first-order chi connectivity index (χ1) is 9.97. The molecule has 2 amide bonds. The molecule has 6 heteroatoms. The van der Waals surface area contributed by atoms with Crippen molar-refractivity contribution in [1.82, 2.24) is 10.6 Å². The molecule has 1 rings (SSSR count). The van der Waals surface area contributed by atoms with E-state index in [2.05, 4.69) is 10.6 Å². The largest absolute Gasteiger partial charge is 0.480 e. The molecule has 0 fully saturated rings. The number of hydrogen-bond donors (Lipinski definition) is 3. The molecule has 0 atom stereocenters. The van der Waals surface area contributed by atoms with Crippen LogP contribution in [-0.4, -0.2) is 36.0 Å². The molecule has 0 aliphatic heterocycles. The van der Waals surface area contributed by atoms with Gasteiger partial charge in [0.15, 0.2) is 0 Å². The predicted molar refractivity (Wildman–Crippen MR) is 77.8 cm³/mol. The van der Waals surface area contributed by atoms with E-state index in [9.17, 15) is 14.4 Å². The molecule has 0 saturated carbocycles. The van der Waals surface area contributed by atoms with Crippen molar-refractivity contribution in [2.24, 2.45) is 0 Å². The van der Waals surface area contributed by atoms with Crippen molar-refractivity contribution in [3.63, 3.8) is 0 Å². The number of aliphatic carboxylic acids is 1. The van der Waals surface area contributed by atoms with E-state index in [1.54, 1.807) is 0 Å². The number of hydrogen-bond acceptors (Lipinski definition) is 3. The molecule has 0 aliphatic rings. The van der Waals surface area contributed by atoms with Crippen LogP contribution < -0.4 is 10.6 Å². The van der Waals surface area contributed by atoms with Crippen molar-refractivity contribution in [3.05, 3.63) is 35.4 Å². The van der Waals surface area contributed by atoms with Crippen LogP contribution >= 0.6 is 0 Å². The van der Waals surface area contributed by atoms with Crippen molar-refractivity contribution >= 4 is 17.8 Å². The van der Waals surface area contributed by atoms with Gasteiger partial charge in [-0.15, -0.1) is 0 Å². The lowest BCUT2D eigenvalue weighted by Gasteiger charge is -2.06. The maximum atomic E-state index is 11.5. The van der Waals surface area contributed by atoms with Gasteiger partial charge in [0.25, 0.3) is 0 Å². The third-order valence-electron chi connectivity index (χ3n) is 2.87. The Bertz CT molecular complexity index is 497. The minimum atomic E-state index is -1.12. The first-order valence-electron chi connectivity index (χ1n) is 6.78. The van der Waals surface area contributed by atoms with Crippen molar-refractivity contribution in [2.75, 3.05) is 13.1 Å². The molecule has 0 aliphatic carbocycles. The Labute approximate surface area is 123 Å². The van der Waals surface area contributed by atoms with E-state index in [-0.39, 0.29) is 12.5 Å². The summed E-state index contributed by atoms with van der Waals surface area (Å²) in [4.78, 5) is 32.9. The summed E-state index contributed by atoms with van der Waals surface area (Å²) in [5.74, 6) is -1.84. The molecule has 1 aromatic carbocycles. The van der Waals surface area contributed by atoms with Crippen molar-refractivity contribution < 1.29 is 19.5 Å². The SMILES string of the molecule is Cc1ccc(CCCC(=O)NCC(=O)NCC(=O)O)cc1. The molecule has 3 N–H and O–H groups in total. The second-order valence-electron chi connectivity index (χ2n) is 4.79. The molecule has 0 unspecified atom stereocenters. The third-order valence-corrected chi connectivity index (χ3v) is 2.87. The molecule has 0 bridgehead atoms. The molecule has 6 nitrogen and oxygen atoms in total. The highest BCUT2D eigenvalue weighted by Gasteiger charge is 2.06. The third kappa shape index (κ3) is 7.71. The summed E-state index contributed by atoms with van der Waals surface area (Å²) in [5.41, 5.74) is 2.37. The fourth-order valence-corrected chi connectivity index (χ4v) is 1.71. The lowest BCUT2D eigenvalue weighted by Crippen LogP contribution is -2.38. The number of nitrogens with one attached hydrogen (secondary N) is 2. The van der Waals surface area contributed by atoms with E-state index in [1.165, 1.54) is 11.1 Å². The van der Waals surface area contributed by atoms with Crippen LogP contribution in [0.5, 0.6) is 0 Å². The van der Waals surface area contributed by atoms with Crippen LogP contribution in [0.3, 0.4) is 0 Å². The van der Waals surface area contributed by atoms with Gasteiger partial charge in [0.1, 0.15) is 6.54 Å². The number of benzene rings is 1. The number of carbonyl (C=O) groups is 3. The smallest absolute Gasteiger partial charge is 0.322 e. The minimum absolute atomic E-state index is 0.198. The van der Waals surface area contributed by atoms with E-state index in [1.807, 2.05) is 31.2 Å². The van der Waals surface area contributed by atoms with Crippen LogP contribution in [0, 0.1) is 6.92 Å². The Morgan fingerprint density at radius 3 is 2.24 bits per heavy atom. The molecule has 1 aromatic rings. The van der Waals surface area contributed by atoms with Gasteiger partial charge in [-0.3, -0.25) is 14.4 Å². The van der Waals surface area contributed by atoms with Gasteiger partial charge >= 0.3 is 5.97 Å². The zero-order valence-corrected chi connectivity index (χ0v) is 12.0. The van der Waals surface area contributed by atoms with E-state index in [0.717, 1.165) is 6.42 Å². The summed E-state index contributed by atoms with van der Waals surface area (Å²) >= 11 is 0. The number of carboxylic acids is 1. The molecular formula is C15H20N2O4. The van der Waals surface area contributed by atoms with Crippen molar-refractivity contribution in [2.45, 2.75) is 26.2 Å². The highest BCUT2D eigenvalue weighted by molar-refractivity contribution is 5.86. The van der Waals surface area contributed by atoms with Crippen LogP contribution in [-0.2, 0) is 20.8 Å². The Morgan fingerprint density at radius 2 is 1.62 bits per heavy atom. The fourth-order valence-electron chi connectivity index (χ4n) is 1.71. The number of aryl methyl sites for hydroxylation is 2. The zero-order valence-electron chi connectivity index (χ0n) is 12.0. The normalized spacial score (nSPS) is 9.95. The predicted octanol–water partition coefficient (Wildman–Crippen LogP) is 0.635. The maximum absolute atomic E-state index is 11.5. The molecular weight excluding hydrogens is 272 g/mol. The first kappa shape index (κ1) is 16.7. The Balaban J connectivity index is 2.15. The highest BCUT2D eigenvalue weighted by atomic mass is 16.4. The average molecular weight is 292 g/mol. The topological polar surface area (TPSA) is 95.5 Å². The Morgan fingerprint density at radius 1 is 1.00 bits per heavy atom. The molecule has 0 radical (unpaired) electrons. The summed E-state index contributed by atoms with van der Waals surface area (Å²) in [7, 11) is 0. The lowest BCUT2D eigenvalue weighted by molar-refractivity contribution is -0.137. The number of rotatable bonds is 8. The van der Waals surface area contributed by atoms with Crippen LogP contribution in [0.1, 0.15) is 24.0 Å². The van der Waals surface area contributed by atoms with E-state index in [0.29, 0.717) is 12.8 Å². The summed E-state index contributed by atoms with van der Waals surface area (Å²) in [6.45, 7) is 1.38. The average Bonchev–Trinajstić information content (AvgIpc) is 2.45. The second kappa shape index (κ2) is 8.73. The summed E-state index contributed by atoms with van der Waals surface area (Å²) in [6, 6.07) is 8.13. The monoisotopic (exact) mass is 292 g/mol. The first-order valence-corrected chi connectivity index (χ1v) is 6.78. The van der Waals surface area contributed by atoms with E-state index < -0.39 is 18.4 Å². The second-order valence-corrected chi connectivity index (χ2v) is 4.79. The number of amides is 2. The van der Waals surface area contributed by atoms with Gasteiger partial charge < -0.3 is 15.7 Å². The molecule has 0 spiro atoms. The molecule has 114 valence electrons. The van der Waals surface area contributed by atoms with Gasteiger partial charge in [-0.1, -0.05) is 29.8 Å². The summed E-state index contributed by atoms with van der Waals surface area (Å²) < 4.78 is 0. The van der Waals surface area contributed by atoms with Crippen molar-refractivity contribution in [3.8, 4) is 0 Å². The van der Waals surface area contributed by atoms with Crippen LogP contribution in [0.25, 0.3) is 0 Å². The molecule has 0 heterocycles. The van der Waals surface area contributed by atoms with Crippen LogP contribution in [0.2, 0.25) is 0 Å². The standard InChI is InChI=1S/C15H20N2O4/c1-11-5-7-12(8-6-11)3-2-4-13(18)16-9-14(19)17-10-15(20)21/h5-8H,2-4,9-10H2,1H3,(H,16,18)(H,17,19)(H,20,21). The molecule has 0 aromatic heterocycles. The van der Waals surface area contributed by atoms with Gasteiger partial charge in [0.2, 0.25) is 11.8 Å². The van der Waals surface area contributed by atoms with Gasteiger partial charge in [0, 0.05) is 6.42 Å². The summed E-state index contributed by atoms with van der Waals surface area (Å²) in [6.07, 6.45) is 1.84. The molecule has 21 heavy (non-hydrogen) atoms.